The molecular weight excluding hydrogens is 352 g/mol. The second kappa shape index (κ2) is 8.15. The van der Waals surface area contributed by atoms with Gasteiger partial charge in [0.05, 0.1) is 4.91 Å². The van der Waals surface area contributed by atoms with Gasteiger partial charge in [0.15, 0.2) is 0 Å². The van der Waals surface area contributed by atoms with Crippen molar-refractivity contribution in [3.63, 3.8) is 0 Å². The maximum Gasteiger partial charge on any atom is 0.266 e. The Morgan fingerprint density at radius 1 is 1.32 bits per heavy atom. The van der Waals surface area contributed by atoms with Crippen LogP contribution in [0.4, 0.5) is 0 Å². The van der Waals surface area contributed by atoms with Gasteiger partial charge in [-0.2, -0.15) is 0 Å². The largest absolute Gasteiger partial charge is 0.338 e. The summed E-state index contributed by atoms with van der Waals surface area (Å²) >= 11 is 6.61. The molecule has 2 aliphatic heterocycles. The van der Waals surface area contributed by atoms with Gasteiger partial charge in [-0.1, -0.05) is 61.2 Å². The Balaban J connectivity index is 1.70. The molecule has 0 N–H and O–H groups in total. The Labute approximate surface area is 158 Å². The summed E-state index contributed by atoms with van der Waals surface area (Å²) in [4.78, 5) is 29.3. The molecule has 1 aromatic rings. The lowest BCUT2D eigenvalue weighted by Crippen LogP contribution is -2.48. The van der Waals surface area contributed by atoms with Gasteiger partial charge in [-0.15, -0.1) is 0 Å². The number of carbonyl (C=O) groups excluding carboxylic acids is 2. The number of hydrogen-bond acceptors (Lipinski definition) is 4. The quantitative estimate of drug-likeness (QED) is 0.595. The van der Waals surface area contributed by atoms with Crippen LogP contribution < -0.4 is 0 Å². The summed E-state index contributed by atoms with van der Waals surface area (Å²) in [7, 11) is 0. The summed E-state index contributed by atoms with van der Waals surface area (Å²) in [5.74, 6) is -0.166. The van der Waals surface area contributed by atoms with Crippen molar-refractivity contribution in [2.24, 2.45) is 0 Å². The summed E-state index contributed by atoms with van der Waals surface area (Å²) in [6.45, 7) is 2.94. The normalized spacial score (nSPS) is 22.8. The van der Waals surface area contributed by atoms with Gasteiger partial charge in [-0.05, 0) is 37.3 Å². The first-order valence-electron chi connectivity index (χ1n) is 8.70. The molecule has 2 amide bonds. The van der Waals surface area contributed by atoms with Gasteiger partial charge in [-0.3, -0.25) is 14.5 Å². The highest BCUT2D eigenvalue weighted by atomic mass is 32.2. The van der Waals surface area contributed by atoms with Crippen molar-refractivity contribution in [1.29, 1.82) is 0 Å². The van der Waals surface area contributed by atoms with Crippen molar-refractivity contribution in [3.8, 4) is 0 Å². The number of likely N-dealkylation sites (tertiary alicyclic amines) is 1. The molecule has 0 saturated carbocycles. The van der Waals surface area contributed by atoms with E-state index < -0.39 is 0 Å². The lowest BCUT2D eigenvalue weighted by Gasteiger charge is -2.36. The van der Waals surface area contributed by atoms with Gasteiger partial charge in [0.1, 0.15) is 10.9 Å². The van der Waals surface area contributed by atoms with Crippen LogP contribution in [0.2, 0.25) is 0 Å². The minimum Gasteiger partial charge on any atom is -0.338 e. The number of hydrogen-bond donors (Lipinski definition) is 0. The minimum atomic E-state index is -0.169. The molecule has 0 aromatic heterocycles. The first-order chi connectivity index (χ1) is 12.1. The van der Waals surface area contributed by atoms with Crippen molar-refractivity contribution < 1.29 is 9.59 Å². The number of piperidine rings is 1. The molecule has 0 spiro atoms. The van der Waals surface area contributed by atoms with Crippen LogP contribution in [0.15, 0.2) is 35.2 Å². The SMILES string of the molecule is CCC1CCCCN1C(=O)CN1C(=O)/C(=C/c2ccccc2)SC1=S. The Kier molecular flexibility index (Phi) is 5.91. The van der Waals surface area contributed by atoms with Crippen LogP contribution in [0.5, 0.6) is 0 Å². The van der Waals surface area contributed by atoms with E-state index in [-0.39, 0.29) is 18.4 Å². The maximum absolute atomic E-state index is 12.7. The smallest absolute Gasteiger partial charge is 0.266 e. The fraction of sp³-hybridized carbons (Fsp3) is 0.421. The highest BCUT2D eigenvalue weighted by Crippen LogP contribution is 2.32. The van der Waals surface area contributed by atoms with Crippen LogP contribution in [0.1, 0.15) is 38.2 Å². The zero-order valence-corrected chi connectivity index (χ0v) is 15.9. The third-order valence-corrected chi connectivity index (χ3v) is 6.06. The van der Waals surface area contributed by atoms with E-state index in [0.29, 0.717) is 15.3 Å². The summed E-state index contributed by atoms with van der Waals surface area (Å²) < 4.78 is 0.464. The first kappa shape index (κ1) is 18.1. The molecule has 3 rings (SSSR count). The van der Waals surface area contributed by atoms with Crippen molar-refractivity contribution in [2.45, 2.75) is 38.6 Å². The molecule has 0 aliphatic carbocycles. The summed E-state index contributed by atoms with van der Waals surface area (Å²) in [5.41, 5.74) is 0.955. The van der Waals surface area contributed by atoms with Crippen LogP contribution in [0, 0.1) is 0 Å². The molecule has 6 heteroatoms. The van der Waals surface area contributed by atoms with Gasteiger partial charge >= 0.3 is 0 Å². The molecule has 2 heterocycles. The number of benzene rings is 1. The highest BCUT2D eigenvalue weighted by Gasteiger charge is 2.35. The Morgan fingerprint density at radius 3 is 2.80 bits per heavy atom. The van der Waals surface area contributed by atoms with E-state index in [9.17, 15) is 9.59 Å². The van der Waals surface area contributed by atoms with Crippen molar-refractivity contribution >= 4 is 46.2 Å². The number of rotatable bonds is 4. The van der Waals surface area contributed by atoms with Crippen LogP contribution >= 0.6 is 24.0 Å². The van der Waals surface area contributed by atoms with Gasteiger partial charge in [0.25, 0.3) is 5.91 Å². The molecule has 2 saturated heterocycles. The molecule has 25 heavy (non-hydrogen) atoms. The predicted molar refractivity (Wildman–Crippen MR) is 106 cm³/mol. The number of amides is 2. The van der Waals surface area contributed by atoms with E-state index in [2.05, 4.69) is 6.92 Å². The first-order valence-corrected chi connectivity index (χ1v) is 9.92. The van der Waals surface area contributed by atoms with E-state index in [1.807, 2.05) is 41.3 Å². The third-order valence-electron chi connectivity index (χ3n) is 4.68. The van der Waals surface area contributed by atoms with Crippen molar-refractivity contribution in [2.75, 3.05) is 13.1 Å². The predicted octanol–water partition coefficient (Wildman–Crippen LogP) is 3.68. The number of thioether (sulfide) groups is 1. The fourth-order valence-corrected chi connectivity index (χ4v) is 4.57. The van der Waals surface area contributed by atoms with Crippen LogP contribution in [0.3, 0.4) is 0 Å². The van der Waals surface area contributed by atoms with Crippen molar-refractivity contribution in [3.05, 3.63) is 40.8 Å². The molecule has 132 valence electrons. The van der Waals surface area contributed by atoms with E-state index in [0.717, 1.165) is 31.4 Å². The number of carbonyl (C=O) groups is 2. The maximum atomic E-state index is 12.7. The Bertz CT molecular complexity index is 703. The summed E-state index contributed by atoms with van der Waals surface area (Å²) in [6.07, 6.45) is 6.05. The van der Waals surface area contributed by atoms with Crippen LogP contribution in [-0.4, -0.2) is 45.1 Å². The van der Waals surface area contributed by atoms with Crippen molar-refractivity contribution in [1.82, 2.24) is 9.80 Å². The average molecular weight is 375 g/mol. The molecule has 2 aliphatic rings. The topological polar surface area (TPSA) is 40.6 Å². The van der Waals surface area contributed by atoms with Gasteiger partial charge < -0.3 is 4.90 Å². The van der Waals surface area contributed by atoms with Gasteiger partial charge in [-0.25, -0.2) is 0 Å². The highest BCUT2D eigenvalue weighted by molar-refractivity contribution is 8.26. The molecule has 4 nitrogen and oxygen atoms in total. The molecule has 1 unspecified atom stereocenters. The summed E-state index contributed by atoms with van der Waals surface area (Å²) in [6, 6.07) is 9.97. The third kappa shape index (κ3) is 4.12. The molecule has 1 atom stereocenters. The lowest BCUT2D eigenvalue weighted by atomic mass is 10.00. The molecule has 2 fully saturated rings. The standard InChI is InChI=1S/C19H22N2O2S2/c1-2-15-10-6-7-11-20(15)17(22)13-21-18(23)16(25-19(21)24)12-14-8-4-3-5-9-14/h3-5,8-9,12,15H,2,6-7,10-11,13H2,1H3/b16-12-. The van der Waals surface area contributed by atoms with E-state index >= 15 is 0 Å². The molecule has 0 bridgehead atoms. The van der Waals surface area contributed by atoms with E-state index in [1.165, 1.54) is 23.1 Å². The number of nitrogens with zero attached hydrogens (tertiary/aromatic N) is 2. The van der Waals surface area contributed by atoms with Crippen LogP contribution in [-0.2, 0) is 9.59 Å². The second-order valence-corrected chi connectivity index (χ2v) is 8.00. The zero-order valence-electron chi connectivity index (χ0n) is 14.3. The minimum absolute atomic E-state index is 0.00353. The molecule has 0 radical (unpaired) electrons. The lowest BCUT2D eigenvalue weighted by molar-refractivity contribution is -0.138. The van der Waals surface area contributed by atoms with Crippen LogP contribution in [0.25, 0.3) is 6.08 Å². The molecule has 1 aromatic carbocycles. The van der Waals surface area contributed by atoms with E-state index in [1.54, 1.807) is 0 Å². The van der Waals surface area contributed by atoms with E-state index in [4.69, 9.17) is 12.2 Å². The summed E-state index contributed by atoms with van der Waals surface area (Å²) in [5, 5.41) is 0. The molecular formula is C19H22N2O2S2. The van der Waals surface area contributed by atoms with Gasteiger partial charge in [0.2, 0.25) is 5.91 Å². The second-order valence-electron chi connectivity index (χ2n) is 6.32. The Hall–Kier alpha value is -1.66. The zero-order chi connectivity index (χ0) is 17.8. The monoisotopic (exact) mass is 374 g/mol. The number of thiocarbonyl (C=S) groups is 1. The average Bonchev–Trinajstić information content (AvgIpc) is 2.90. The Morgan fingerprint density at radius 2 is 2.08 bits per heavy atom. The fourth-order valence-electron chi connectivity index (χ4n) is 3.32. The van der Waals surface area contributed by atoms with Gasteiger partial charge in [0, 0.05) is 12.6 Å².